The molecule has 0 spiro atoms. The largest absolute Gasteiger partial charge is 0.330 e. The highest BCUT2D eigenvalue weighted by atomic mass is 35.5. The van der Waals surface area contributed by atoms with E-state index in [4.69, 9.17) is 11.6 Å². The molecule has 20 heavy (non-hydrogen) atoms. The Labute approximate surface area is 119 Å². The monoisotopic (exact) mass is 282 g/mol. The van der Waals surface area contributed by atoms with Gasteiger partial charge in [0.15, 0.2) is 0 Å². The molecule has 3 nitrogen and oxygen atoms in total. The van der Waals surface area contributed by atoms with E-state index in [0.717, 1.165) is 27.3 Å². The molecule has 0 saturated carbocycles. The molecule has 2 heterocycles. The Morgan fingerprint density at radius 1 is 1.05 bits per heavy atom. The quantitative estimate of drug-likeness (QED) is 0.523. The molecule has 2 aromatic heterocycles. The SMILES string of the molecule is Cn1c2ccc(Cl)cc2c2c3ccccc3c(=O)[nH]c21. The second-order valence-corrected chi connectivity index (χ2v) is 5.38. The van der Waals surface area contributed by atoms with Crippen molar-refractivity contribution in [3.05, 3.63) is 57.8 Å². The minimum absolute atomic E-state index is 0.0647. The zero-order valence-electron chi connectivity index (χ0n) is 10.8. The summed E-state index contributed by atoms with van der Waals surface area (Å²) in [5.74, 6) is 0. The zero-order chi connectivity index (χ0) is 13.9. The number of fused-ring (bicyclic) bond motifs is 5. The minimum atomic E-state index is -0.0647. The molecule has 4 rings (SSSR count). The highest BCUT2D eigenvalue weighted by molar-refractivity contribution is 6.32. The highest BCUT2D eigenvalue weighted by Crippen LogP contribution is 2.32. The lowest BCUT2D eigenvalue weighted by Crippen LogP contribution is -2.07. The number of aromatic nitrogens is 2. The van der Waals surface area contributed by atoms with Crippen molar-refractivity contribution in [1.82, 2.24) is 9.55 Å². The molecule has 0 saturated heterocycles. The first kappa shape index (κ1) is 11.6. The van der Waals surface area contributed by atoms with Gasteiger partial charge in [0.2, 0.25) is 0 Å². The highest BCUT2D eigenvalue weighted by Gasteiger charge is 2.13. The number of aromatic amines is 1. The Morgan fingerprint density at radius 3 is 2.60 bits per heavy atom. The number of benzene rings is 2. The minimum Gasteiger partial charge on any atom is -0.330 e. The number of H-pyrrole nitrogens is 1. The van der Waals surface area contributed by atoms with E-state index in [0.29, 0.717) is 10.4 Å². The molecule has 98 valence electrons. The molecule has 4 heteroatoms. The summed E-state index contributed by atoms with van der Waals surface area (Å²) in [5.41, 5.74) is 1.81. The summed E-state index contributed by atoms with van der Waals surface area (Å²) < 4.78 is 1.99. The molecule has 0 amide bonds. The van der Waals surface area contributed by atoms with Crippen molar-refractivity contribution in [3.63, 3.8) is 0 Å². The maximum absolute atomic E-state index is 12.2. The average Bonchev–Trinajstić information content (AvgIpc) is 2.72. The third-order valence-corrected chi connectivity index (χ3v) is 4.07. The van der Waals surface area contributed by atoms with Gasteiger partial charge in [0.1, 0.15) is 5.65 Å². The van der Waals surface area contributed by atoms with Crippen LogP contribution >= 0.6 is 11.6 Å². The Bertz CT molecular complexity index is 1040. The van der Waals surface area contributed by atoms with E-state index in [-0.39, 0.29) is 5.56 Å². The van der Waals surface area contributed by atoms with E-state index in [1.165, 1.54) is 0 Å². The summed E-state index contributed by atoms with van der Waals surface area (Å²) in [5, 5.41) is 4.45. The standard InChI is InChI=1S/C16H11ClN2O/c1-19-13-7-6-9(17)8-12(13)14-10-4-2-3-5-11(10)16(20)18-15(14)19/h2-8H,1H3,(H,18,20). The summed E-state index contributed by atoms with van der Waals surface area (Å²) in [7, 11) is 1.95. The van der Waals surface area contributed by atoms with Crippen LogP contribution in [0.3, 0.4) is 0 Å². The van der Waals surface area contributed by atoms with E-state index in [1.807, 2.05) is 54.1 Å². The predicted molar refractivity (Wildman–Crippen MR) is 83.6 cm³/mol. The maximum Gasteiger partial charge on any atom is 0.257 e. The van der Waals surface area contributed by atoms with Gasteiger partial charge in [-0.3, -0.25) is 4.79 Å². The molecular formula is C16H11ClN2O. The summed E-state index contributed by atoms with van der Waals surface area (Å²) in [6, 6.07) is 13.4. The number of aryl methyl sites for hydroxylation is 1. The topological polar surface area (TPSA) is 37.8 Å². The van der Waals surface area contributed by atoms with E-state index >= 15 is 0 Å². The van der Waals surface area contributed by atoms with Crippen molar-refractivity contribution in [2.45, 2.75) is 0 Å². The third kappa shape index (κ3) is 1.38. The number of rotatable bonds is 0. The van der Waals surface area contributed by atoms with Crippen molar-refractivity contribution in [1.29, 1.82) is 0 Å². The Kier molecular flexibility index (Phi) is 2.24. The second kappa shape index (κ2) is 3.87. The number of halogens is 1. The zero-order valence-corrected chi connectivity index (χ0v) is 11.5. The van der Waals surface area contributed by atoms with E-state index in [9.17, 15) is 4.79 Å². The average molecular weight is 283 g/mol. The van der Waals surface area contributed by atoms with Crippen LogP contribution in [0, 0.1) is 0 Å². The van der Waals surface area contributed by atoms with Gasteiger partial charge in [-0.15, -0.1) is 0 Å². The van der Waals surface area contributed by atoms with Gasteiger partial charge in [-0.2, -0.15) is 0 Å². The van der Waals surface area contributed by atoms with Gasteiger partial charge < -0.3 is 9.55 Å². The van der Waals surface area contributed by atoms with Crippen LogP contribution in [0.5, 0.6) is 0 Å². The number of hydrogen-bond acceptors (Lipinski definition) is 1. The fourth-order valence-corrected chi connectivity index (χ4v) is 3.08. The number of hydrogen-bond donors (Lipinski definition) is 1. The van der Waals surface area contributed by atoms with E-state index < -0.39 is 0 Å². The molecule has 0 aliphatic rings. The van der Waals surface area contributed by atoms with E-state index in [1.54, 1.807) is 0 Å². The van der Waals surface area contributed by atoms with Gasteiger partial charge in [0.25, 0.3) is 5.56 Å². The maximum atomic E-state index is 12.2. The Hall–Kier alpha value is -2.26. The van der Waals surface area contributed by atoms with Crippen LogP contribution in [0.15, 0.2) is 47.3 Å². The summed E-state index contributed by atoms with van der Waals surface area (Å²) >= 11 is 6.13. The lowest BCUT2D eigenvalue weighted by atomic mass is 10.1. The lowest BCUT2D eigenvalue weighted by Gasteiger charge is -2.00. The fraction of sp³-hybridized carbons (Fsp3) is 0.0625. The van der Waals surface area contributed by atoms with Crippen LogP contribution < -0.4 is 5.56 Å². The molecule has 0 unspecified atom stereocenters. The van der Waals surface area contributed by atoms with Crippen molar-refractivity contribution in [2.24, 2.45) is 7.05 Å². The molecule has 0 aliphatic heterocycles. The van der Waals surface area contributed by atoms with Crippen molar-refractivity contribution in [3.8, 4) is 0 Å². The lowest BCUT2D eigenvalue weighted by molar-refractivity contribution is 0.986. The molecule has 0 radical (unpaired) electrons. The smallest absolute Gasteiger partial charge is 0.257 e. The number of nitrogens with one attached hydrogen (secondary N) is 1. The van der Waals surface area contributed by atoms with Crippen LogP contribution in [0.1, 0.15) is 0 Å². The van der Waals surface area contributed by atoms with Gasteiger partial charge in [0.05, 0.1) is 5.52 Å². The van der Waals surface area contributed by atoms with Crippen LogP contribution in [-0.4, -0.2) is 9.55 Å². The van der Waals surface area contributed by atoms with Crippen LogP contribution in [0.25, 0.3) is 32.7 Å². The van der Waals surface area contributed by atoms with Gasteiger partial charge in [-0.1, -0.05) is 29.8 Å². The fourth-order valence-electron chi connectivity index (χ4n) is 2.91. The first-order chi connectivity index (χ1) is 9.66. The first-order valence-electron chi connectivity index (χ1n) is 6.35. The number of pyridine rings is 1. The second-order valence-electron chi connectivity index (χ2n) is 4.94. The Balaban J connectivity index is 2.44. The molecule has 4 aromatic rings. The molecule has 2 aromatic carbocycles. The van der Waals surface area contributed by atoms with E-state index in [2.05, 4.69) is 4.98 Å². The van der Waals surface area contributed by atoms with Gasteiger partial charge >= 0.3 is 0 Å². The first-order valence-corrected chi connectivity index (χ1v) is 6.73. The summed E-state index contributed by atoms with van der Waals surface area (Å²) in [6.07, 6.45) is 0. The van der Waals surface area contributed by atoms with Gasteiger partial charge in [0, 0.05) is 28.2 Å². The van der Waals surface area contributed by atoms with Gasteiger partial charge in [-0.05, 0) is 29.7 Å². The molecule has 0 fully saturated rings. The van der Waals surface area contributed by atoms with Crippen LogP contribution in [0.4, 0.5) is 0 Å². The normalized spacial score (nSPS) is 11.7. The van der Waals surface area contributed by atoms with Crippen molar-refractivity contribution in [2.75, 3.05) is 0 Å². The van der Waals surface area contributed by atoms with Crippen molar-refractivity contribution >= 4 is 44.3 Å². The Morgan fingerprint density at radius 2 is 1.80 bits per heavy atom. The molecular weight excluding hydrogens is 272 g/mol. The molecule has 0 bridgehead atoms. The number of nitrogens with zero attached hydrogens (tertiary/aromatic N) is 1. The summed E-state index contributed by atoms with van der Waals surface area (Å²) in [6.45, 7) is 0. The van der Waals surface area contributed by atoms with Gasteiger partial charge in [-0.25, -0.2) is 0 Å². The predicted octanol–water partition coefficient (Wildman–Crippen LogP) is 3.83. The molecule has 0 aliphatic carbocycles. The van der Waals surface area contributed by atoms with Crippen molar-refractivity contribution < 1.29 is 0 Å². The molecule has 0 atom stereocenters. The van der Waals surface area contributed by atoms with Crippen LogP contribution in [-0.2, 0) is 7.05 Å². The summed E-state index contributed by atoms with van der Waals surface area (Å²) in [4.78, 5) is 15.2. The third-order valence-electron chi connectivity index (χ3n) is 3.83. The molecule has 1 N–H and O–H groups in total. The van der Waals surface area contributed by atoms with Crippen LogP contribution in [0.2, 0.25) is 5.02 Å².